The Balaban J connectivity index is 1.67. The minimum atomic E-state index is -0.245. The maximum absolute atomic E-state index is 11.4. The molecule has 2 aromatic rings. The van der Waals surface area contributed by atoms with E-state index in [1.54, 1.807) is 6.33 Å². The number of aromatic nitrogens is 4. The summed E-state index contributed by atoms with van der Waals surface area (Å²) >= 11 is 0. The highest BCUT2D eigenvalue weighted by Gasteiger charge is 2.29. The molecule has 2 fully saturated rings. The minimum Gasteiger partial charge on any atom is -0.355 e. The lowest BCUT2D eigenvalue weighted by atomic mass is 10.1. The molecule has 0 saturated carbocycles. The third-order valence-corrected chi connectivity index (χ3v) is 4.14. The van der Waals surface area contributed by atoms with Gasteiger partial charge in [0.15, 0.2) is 5.65 Å². The van der Waals surface area contributed by atoms with Gasteiger partial charge in [-0.1, -0.05) is 0 Å². The Morgan fingerprint density at radius 1 is 1.26 bits per heavy atom. The third-order valence-electron chi connectivity index (χ3n) is 4.14. The van der Waals surface area contributed by atoms with E-state index in [0.717, 1.165) is 25.3 Å². The molecule has 2 bridgehead atoms. The standard InChI is InChI=1S/C12H16N6O/c19-12-16-15-11-5-10(13-7-18(11)12)17-4-3-8-1-2-9(6-17)14-8/h5,7-9,14H,1-4,6H2,(H,16,19). The zero-order valence-corrected chi connectivity index (χ0v) is 10.5. The van der Waals surface area contributed by atoms with Crippen LogP contribution in [-0.4, -0.2) is 44.8 Å². The van der Waals surface area contributed by atoms with Crippen LogP contribution in [0.4, 0.5) is 5.82 Å². The zero-order chi connectivity index (χ0) is 12.8. The van der Waals surface area contributed by atoms with E-state index in [1.165, 1.54) is 17.2 Å². The molecular weight excluding hydrogens is 244 g/mol. The lowest BCUT2D eigenvalue weighted by molar-refractivity contribution is 0.563. The molecule has 2 aliphatic heterocycles. The molecule has 7 heteroatoms. The van der Waals surface area contributed by atoms with Crippen LogP contribution in [0.2, 0.25) is 0 Å². The Morgan fingerprint density at radius 3 is 3.11 bits per heavy atom. The van der Waals surface area contributed by atoms with Gasteiger partial charge in [-0.05, 0) is 19.3 Å². The van der Waals surface area contributed by atoms with Gasteiger partial charge in [0, 0.05) is 31.2 Å². The molecule has 0 amide bonds. The number of fused-ring (bicyclic) bond motifs is 3. The van der Waals surface area contributed by atoms with Crippen LogP contribution < -0.4 is 15.9 Å². The highest BCUT2D eigenvalue weighted by atomic mass is 16.1. The van der Waals surface area contributed by atoms with E-state index >= 15 is 0 Å². The number of anilines is 1. The number of nitrogens with one attached hydrogen (secondary N) is 2. The molecule has 2 N–H and O–H groups in total. The molecule has 2 aliphatic rings. The normalized spacial score (nSPS) is 26.8. The molecule has 4 rings (SSSR count). The van der Waals surface area contributed by atoms with Crippen molar-refractivity contribution < 1.29 is 0 Å². The summed E-state index contributed by atoms with van der Waals surface area (Å²) in [6.45, 7) is 1.99. The van der Waals surface area contributed by atoms with Crippen LogP contribution >= 0.6 is 0 Å². The molecule has 19 heavy (non-hydrogen) atoms. The van der Waals surface area contributed by atoms with Crippen molar-refractivity contribution in [3.8, 4) is 0 Å². The highest BCUT2D eigenvalue weighted by molar-refractivity contribution is 5.50. The Bertz CT molecular complexity index is 662. The summed E-state index contributed by atoms with van der Waals surface area (Å²) in [5.74, 6) is 0.904. The predicted octanol–water partition coefficient (Wildman–Crippen LogP) is -0.252. The van der Waals surface area contributed by atoms with E-state index in [4.69, 9.17) is 0 Å². The van der Waals surface area contributed by atoms with Crippen LogP contribution in [0.1, 0.15) is 19.3 Å². The Morgan fingerprint density at radius 2 is 2.16 bits per heavy atom. The van der Waals surface area contributed by atoms with Gasteiger partial charge < -0.3 is 10.2 Å². The minimum absolute atomic E-state index is 0.245. The molecule has 2 aromatic heterocycles. The maximum atomic E-state index is 11.4. The second-order valence-corrected chi connectivity index (χ2v) is 5.38. The second-order valence-electron chi connectivity index (χ2n) is 5.38. The van der Waals surface area contributed by atoms with Crippen LogP contribution in [0.3, 0.4) is 0 Å². The van der Waals surface area contributed by atoms with Gasteiger partial charge in [0.1, 0.15) is 12.1 Å². The molecule has 7 nitrogen and oxygen atoms in total. The van der Waals surface area contributed by atoms with Crippen LogP contribution in [0, 0.1) is 0 Å². The number of nitrogens with zero attached hydrogens (tertiary/aromatic N) is 4. The van der Waals surface area contributed by atoms with Crippen molar-refractivity contribution in [3.05, 3.63) is 22.9 Å². The summed E-state index contributed by atoms with van der Waals surface area (Å²) in [6, 6.07) is 3.09. The van der Waals surface area contributed by atoms with Crippen LogP contribution in [0.5, 0.6) is 0 Å². The summed E-state index contributed by atoms with van der Waals surface area (Å²) in [4.78, 5) is 18.1. The van der Waals surface area contributed by atoms with E-state index in [9.17, 15) is 4.79 Å². The molecule has 0 aliphatic carbocycles. The van der Waals surface area contributed by atoms with E-state index in [-0.39, 0.29) is 5.69 Å². The van der Waals surface area contributed by atoms with Gasteiger partial charge in [0.05, 0.1) is 0 Å². The summed E-state index contributed by atoms with van der Waals surface area (Å²) in [6.07, 6.45) is 5.23. The predicted molar refractivity (Wildman–Crippen MR) is 70.4 cm³/mol. The first-order valence-corrected chi connectivity index (χ1v) is 6.73. The first kappa shape index (κ1) is 11.0. The maximum Gasteiger partial charge on any atom is 0.348 e. The number of hydrogen-bond donors (Lipinski definition) is 2. The fourth-order valence-electron chi connectivity index (χ4n) is 3.12. The molecule has 2 atom stereocenters. The van der Waals surface area contributed by atoms with Gasteiger partial charge in [-0.15, -0.1) is 0 Å². The highest BCUT2D eigenvalue weighted by Crippen LogP contribution is 2.23. The number of H-pyrrole nitrogens is 1. The Kier molecular flexibility index (Phi) is 2.34. The first-order chi connectivity index (χ1) is 9.29. The average molecular weight is 260 g/mol. The lowest BCUT2D eigenvalue weighted by Gasteiger charge is -2.25. The van der Waals surface area contributed by atoms with Crippen LogP contribution in [-0.2, 0) is 0 Å². The Hall–Kier alpha value is -1.89. The smallest absolute Gasteiger partial charge is 0.348 e. The van der Waals surface area contributed by atoms with Gasteiger partial charge in [-0.3, -0.25) is 0 Å². The van der Waals surface area contributed by atoms with Crippen molar-refractivity contribution in [2.24, 2.45) is 0 Å². The Labute approximate surface area is 109 Å². The largest absolute Gasteiger partial charge is 0.355 e. The number of aromatic amines is 1. The second kappa shape index (κ2) is 4.06. The molecule has 0 radical (unpaired) electrons. The van der Waals surface area contributed by atoms with E-state index in [0.29, 0.717) is 17.7 Å². The zero-order valence-electron chi connectivity index (χ0n) is 10.5. The van der Waals surface area contributed by atoms with Gasteiger partial charge >= 0.3 is 5.69 Å². The molecule has 100 valence electrons. The van der Waals surface area contributed by atoms with E-state index < -0.39 is 0 Å². The fraction of sp³-hybridized carbons (Fsp3) is 0.583. The van der Waals surface area contributed by atoms with E-state index in [1.807, 2.05) is 6.07 Å². The average Bonchev–Trinajstić information content (AvgIpc) is 2.93. The molecule has 4 heterocycles. The van der Waals surface area contributed by atoms with Gasteiger partial charge in [-0.2, -0.15) is 5.10 Å². The summed E-state index contributed by atoms with van der Waals surface area (Å²) in [5.41, 5.74) is 0.378. The molecule has 2 saturated heterocycles. The van der Waals surface area contributed by atoms with Crippen LogP contribution in [0.25, 0.3) is 5.65 Å². The summed E-state index contributed by atoms with van der Waals surface area (Å²) in [5, 5.41) is 10.1. The topological polar surface area (TPSA) is 78.3 Å². The first-order valence-electron chi connectivity index (χ1n) is 6.73. The third kappa shape index (κ3) is 1.81. The SMILES string of the molecule is O=c1[nH]nc2cc(N3CCC4CCC(C3)N4)ncn12. The van der Waals surface area contributed by atoms with Crippen molar-refractivity contribution in [3.63, 3.8) is 0 Å². The molecule has 2 unspecified atom stereocenters. The summed E-state index contributed by atoms with van der Waals surface area (Å²) < 4.78 is 1.42. The van der Waals surface area contributed by atoms with Crippen molar-refractivity contribution in [2.45, 2.75) is 31.3 Å². The van der Waals surface area contributed by atoms with Crippen molar-refractivity contribution >= 4 is 11.5 Å². The number of hydrogen-bond acceptors (Lipinski definition) is 5. The lowest BCUT2D eigenvalue weighted by Crippen LogP contribution is -2.35. The fourth-order valence-corrected chi connectivity index (χ4v) is 3.12. The summed E-state index contributed by atoms with van der Waals surface area (Å²) in [7, 11) is 0. The quantitative estimate of drug-likeness (QED) is 0.739. The van der Waals surface area contributed by atoms with Gasteiger partial charge in [0.2, 0.25) is 0 Å². The molecule has 0 aromatic carbocycles. The van der Waals surface area contributed by atoms with Crippen molar-refractivity contribution in [1.82, 2.24) is 24.9 Å². The monoisotopic (exact) mass is 260 g/mol. The molecule has 0 spiro atoms. The van der Waals surface area contributed by atoms with Crippen molar-refractivity contribution in [2.75, 3.05) is 18.0 Å². The number of rotatable bonds is 1. The van der Waals surface area contributed by atoms with Gasteiger partial charge in [-0.25, -0.2) is 19.3 Å². The van der Waals surface area contributed by atoms with Crippen LogP contribution in [0.15, 0.2) is 17.2 Å². The van der Waals surface area contributed by atoms with Crippen molar-refractivity contribution in [1.29, 1.82) is 0 Å². The molecular formula is C12H16N6O. The van der Waals surface area contributed by atoms with Gasteiger partial charge in [0.25, 0.3) is 0 Å². The van der Waals surface area contributed by atoms with E-state index in [2.05, 4.69) is 25.4 Å².